The second kappa shape index (κ2) is 4.79. The molecule has 1 unspecified atom stereocenters. The van der Waals surface area contributed by atoms with E-state index in [9.17, 15) is 5.11 Å². The van der Waals surface area contributed by atoms with E-state index in [0.717, 1.165) is 5.76 Å². The predicted molar refractivity (Wildman–Crippen MR) is 57.2 cm³/mol. The molecule has 4 heteroatoms. The highest BCUT2D eigenvalue weighted by Gasteiger charge is 2.23. The van der Waals surface area contributed by atoms with Gasteiger partial charge < -0.3 is 19.9 Å². The fourth-order valence-corrected chi connectivity index (χ4v) is 1.06. The van der Waals surface area contributed by atoms with Crippen molar-refractivity contribution >= 4 is 0 Å². The Hall–Kier alpha value is -0.840. The van der Waals surface area contributed by atoms with Gasteiger partial charge >= 0.3 is 0 Å². The predicted octanol–water partition coefficient (Wildman–Crippen LogP) is 1.02. The largest absolute Gasteiger partial charge is 0.462 e. The molecule has 1 heterocycles. The van der Waals surface area contributed by atoms with Crippen LogP contribution in [-0.4, -0.2) is 21.9 Å². The van der Waals surface area contributed by atoms with Gasteiger partial charge in [0.05, 0.1) is 12.6 Å². The van der Waals surface area contributed by atoms with Crippen molar-refractivity contribution in [1.29, 1.82) is 0 Å². The minimum atomic E-state index is -0.440. The summed E-state index contributed by atoms with van der Waals surface area (Å²) in [6, 6.07) is 3.56. The Morgan fingerprint density at radius 1 is 1.40 bits per heavy atom. The molecule has 15 heavy (non-hydrogen) atoms. The minimum absolute atomic E-state index is 0.0835. The Kier molecular flexibility index (Phi) is 3.90. The number of hydrogen-bond donors (Lipinski definition) is 3. The molecule has 1 aromatic heterocycles. The van der Waals surface area contributed by atoms with Gasteiger partial charge in [0.25, 0.3) is 0 Å². The number of aliphatic hydroxyl groups excluding tert-OH is 2. The van der Waals surface area contributed by atoms with Crippen LogP contribution in [0.5, 0.6) is 0 Å². The van der Waals surface area contributed by atoms with Gasteiger partial charge in [-0.25, -0.2) is 0 Å². The maximum absolute atomic E-state index is 9.48. The van der Waals surface area contributed by atoms with Gasteiger partial charge in [-0.1, -0.05) is 0 Å². The van der Waals surface area contributed by atoms with Crippen molar-refractivity contribution in [3.05, 3.63) is 23.7 Å². The smallest absolute Gasteiger partial charge is 0.129 e. The van der Waals surface area contributed by atoms with Crippen LogP contribution in [0.25, 0.3) is 0 Å². The summed E-state index contributed by atoms with van der Waals surface area (Å²) in [7, 11) is 0. The van der Waals surface area contributed by atoms with E-state index in [1.54, 1.807) is 13.0 Å². The van der Waals surface area contributed by atoms with Crippen molar-refractivity contribution in [2.75, 3.05) is 0 Å². The summed E-state index contributed by atoms with van der Waals surface area (Å²) >= 11 is 0. The molecule has 0 fully saturated rings. The summed E-state index contributed by atoms with van der Waals surface area (Å²) in [4.78, 5) is 0. The molecule has 0 spiro atoms. The molecule has 0 aromatic carbocycles. The molecule has 0 aliphatic heterocycles. The maximum Gasteiger partial charge on any atom is 0.129 e. The lowest BCUT2D eigenvalue weighted by Gasteiger charge is -2.29. The van der Waals surface area contributed by atoms with E-state index >= 15 is 0 Å². The Labute approximate surface area is 89.9 Å². The topological polar surface area (TPSA) is 65.6 Å². The van der Waals surface area contributed by atoms with E-state index in [2.05, 4.69) is 5.32 Å². The van der Waals surface area contributed by atoms with Crippen LogP contribution in [0.2, 0.25) is 0 Å². The van der Waals surface area contributed by atoms with E-state index in [4.69, 9.17) is 9.52 Å². The monoisotopic (exact) mass is 213 g/mol. The van der Waals surface area contributed by atoms with Crippen LogP contribution in [0.15, 0.2) is 16.5 Å². The molecule has 0 saturated carbocycles. The van der Waals surface area contributed by atoms with Crippen LogP contribution >= 0.6 is 0 Å². The highest BCUT2D eigenvalue weighted by atomic mass is 16.4. The molecule has 0 aliphatic rings. The van der Waals surface area contributed by atoms with Crippen LogP contribution < -0.4 is 5.32 Å². The van der Waals surface area contributed by atoms with E-state index < -0.39 is 6.10 Å². The molecule has 0 amide bonds. The van der Waals surface area contributed by atoms with E-state index in [0.29, 0.717) is 12.3 Å². The van der Waals surface area contributed by atoms with Crippen molar-refractivity contribution in [2.45, 2.75) is 45.6 Å². The number of rotatable bonds is 5. The molecule has 0 radical (unpaired) electrons. The van der Waals surface area contributed by atoms with Gasteiger partial charge in [0.1, 0.15) is 18.1 Å². The van der Waals surface area contributed by atoms with Crippen molar-refractivity contribution < 1.29 is 14.6 Å². The Bertz CT molecular complexity index is 305. The molecule has 0 saturated heterocycles. The van der Waals surface area contributed by atoms with Crippen LogP contribution in [0, 0.1) is 0 Å². The van der Waals surface area contributed by atoms with E-state index in [1.807, 2.05) is 19.9 Å². The van der Waals surface area contributed by atoms with Crippen LogP contribution in [0.1, 0.15) is 32.3 Å². The minimum Gasteiger partial charge on any atom is -0.462 e. The van der Waals surface area contributed by atoms with Crippen LogP contribution in [0.4, 0.5) is 0 Å². The maximum atomic E-state index is 9.48. The summed E-state index contributed by atoms with van der Waals surface area (Å²) in [5.74, 6) is 1.31. The third-order valence-corrected chi connectivity index (χ3v) is 2.64. The number of hydrogen-bond acceptors (Lipinski definition) is 4. The summed E-state index contributed by atoms with van der Waals surface area (Å²) in [6.45, 7) is 6.05. The molecular formula is C11H19NO3. The summed E-state index contributed by atoms with van der Waals surface area (Å²) in [5.41, 5.74) is -0.355. The van der Waals surface area contributed by atoms with Gasteiger partial charge in [0.15, 0.2) is 0 Å². The summed E-state index contributed by atoms with van der Waals surface area (Å²) in [6.07, 6.45) is -0.440. The SMILES string of the molecule is CC(O)C(C)(C)NCc1ccc(CO)o1. The quantitative estimate of drug-likeness (QED) is 0.683. The van der Waals surface area contributed by atoms with Crippen LogP contribution in [-0.2, 0) is 13.2 Å². The number of aliphatic hydroxyl groups is 2. The first kappa shape index (κ1) is 12.2. The molecule has 3 N–H and O–H groups in total. The highest BCUT2D eigenvalue weighted by molar-refractivity contribution is 5.06. The fourth-order valence-electron chi connectivity index (χ4n) is 1.06. The zero-order chi connectivity index (χ0) is 11.5. The zero-order valence-electron chi connectivity index (χ0n) is 9.45. The lowest BCUT2D eigenvalue weighted by molar-refractivity contribution is 0.0940. The first-order chi connectivity index (χ1) is 6.95. The third kappa shape index (κ3) is 3.34. The van der Waals surface area contributed by atoms with Gasteiger partial charge in [-0.05, 0) is 32.9 Å². The first-order valence-electron chi connectivity index (χ1n) is 5.07. The van der Waals surface area contributed by atoms with E-state index in [1.165, 1.54) is 0 Å². The second-order valence-corrected chi connectivity index (χ2v) is 4.28. The molecule has 0 aliphatic carbocycles. The van der Waals surface area contributed by atoms with Crippen molar-refractivity contribution in [3.63, 3.8) is 0 Å². The van der Waals surface area contributed by atoms with Gasteiger partial charge in [0.2, 0.25) is 0 Å². The summed E-state index contributed by atoms with van der Waals surface area (Å²) < 4.78 is 5.31. The summed E-state index contributed by atoms with van der Waals surface area (Å²) in [5, 5.41) is 21.5. The Morgan fingerprint density at radius 3 is 2.47 bits per heavy atom. The second-order valence-electron chi connectivity index (χ2n) is 4.28. The van der Waals surface area contributed by atoms with Crippen LogP contribution in [0.3, 0.4) is 0 Å². The van der Waals surface area contributed by atoms with Gasteiger partial charge in [-0.15, -0.1) is 0 Å². The molecule has 1 atom stereocenters. The molecule has 4 nitrogen and oxygen atoms in total. The lowest BCUT2D eigenvalue weighted by atomic mass is 9.99. The van der Waals surface area contributed by atoms with Gasteiger partial charge in [-0.3, -0.25) is 0 Å². The standard InChI is InChI=1S/C11H19NO3/c1-8(14)11(2,3)12-6-9-4-5-10(7-13)15-9/h4-5,8,12-14H,6-7H2,1-3H3. The molecule has 86 valence electrons. The fraction of sp³-hybridized carbons (Fsp3) is 0.636. The zero-order valence-corrected chi connectivity index (χ0v) is 9.45. The highest BCUT2D eigenvalue weighted by Crippen LogP contribution is 2.12. The number of furan rings is 1. The van der Waals surface area contributed by atoms with Crippen molar-refractivity contribution in [3.8, 4) is 0 Å². The first-order valence-corrected chi connectivity index (χ1v) is 5.07. The Balaban J connectivity index is 2.50. The molecule has 1 rings (SSSR count). The third-order valence-electron chi connectivity index (χ3n) is 2.64. The van der Waals surface area contributed by atoms with E-state index in [-0.39, 0.29) is 12.1 Å². The number of nitrogens with one attached hydrogen (secondary N) is 1. The van der Waals surface area contributed by atoms with Crippen molar-refractivity contribution in [1.82, 2.24) is 5.32 Å². The average Bonchev–Trinajstić information content (AvgIpc) is 2.62. The lowest BCUT2D eigenvalue weighted by Crippen LogP contribution is -2.47. The molecule has 0 bridgehead atoms. The Morgan fingerprint density at radius 2 is 2.00 bits per heavy atom. The normalized spacial score (nSPS) is 14.2. The van der Waals surface area contributed by atoms with Gasteiger partial charge in [-0.2, -0.15) is 0 Å². The van der Waals surface area contributed by atoms with Gasteiger partial charge in [0, 0.05) is 5.54 Å². The molecule has 1 aromatic rings. The van der Waals surface area contributed by atoms with Crippen molar-refractivity contribution in [2.24, 2.45) is 0 Å². The molecular weight excluding hydrogens is 194 g/mol. The average molecular weight is 213 g/mol.